The molecule has 0 aliphatic rings. The molecule has 0 atom stereocenters. The molecule has 1 amide bonds. The minimum atomic E-state index is -4.27. The zero-order valence-corrected chi connectivity index (χ0v) is 18.6. The lowest BCUT2D eigenvalue weighted by molar-refractivity contribution is -0.709. The molecule has 3 rings (SSSR count). The lowest BCUT2D eigenvalue weighted by Gasteiger charge is -2.10. The van der Waals surface area contributed by atoms with Gasteiger partial charge >= 0.3 is 11.1 Å². The molecule has 0 radical (unpaired) electrons. The van der Waals surface area contributed by atoms with Crippen LogP contribution >= 0.6 is 23.1 Å². The van der Waals surface area contributed by atoms with Crippen LogP contribution in [0.1, 0.15) is 10.5 Å². The molecule has 2 heterocycles. The first kappa shape index (κ1) is 22.7. The average molecular weight is 487 g/mol. The number of amides is 1. The summed E-state index contributed by atoms with van der Waals surface area (Å²) in [4.78, 5) is 26.5. The van der Waals surface area contributed by atoms with E-state index in [-0.39, 0.29) is 17.2 Å². The molecular weight excluding hydrogens is 469 g/mol. The van der Waals surface area contributed by atoms with Crippen molar-refractivity contribution in [3.8, 4) is 0 Å². The Hall–Kier alpha value is -2.97. The van der Waals surface area contributed by atoms with Gasteiger partial charge in [0, 0.05) is 0 Å². The van der Waals surface area contributed by atoms with Crippen LogP contribution in [0.4, 0.5) is 15.1 Å². The van der Waals surface area contributed by atoms with Crippen LogP contribution in [0.3, 0.4) is 0 Å². The fourth-order valence-corrected chi connectivity index (χ4v) is 5.36. The summed E-state index contributed by atoms with van der Waals surface area (Å²) in [6.07, 6.45) is 5.36. The second kappa shape index (κ2) is 9.03. The molecule has 3 N–H and O–H groups in total. The minimum Gasteiger partial charge on any atom is -0.476 e. The van der Waals surface area contributed by atoms with Gasteiger partial charge in [0.2, 0.25) is 0 Å². The lowest BCUT2D eigenvalue weighted by atomic mass is 10.3. The number of benzene rings is 1. The predicted octanol–water partition coefficient (Wildman–Crippen LogP) is 1.77. The molecule has 10 nitrogen and oxygen atoms in total. The molecule has 0 spiro atoms. The maximum atomic E-state index is 14.5. The largest absolute Gasteiger partial charge is 0.476 e. The number of rotatable bonds is 8. The third kappa shape index (κ3) is 5.03. The highest BCUT2D eigenvalue weighted by molar-refractivity contribution is 7.98. The van der Waals surface area contributed by atoms with E-state index in [0.29, 0.717) is 0 Å². The molecule has 0 aliphatic heterocycles. The number of carboxylic acid groups (broad SMARTS) is 1. The van der Waals surface area contributed by atoms with Gasteiger partial charge in [-0.15, -0.1) is 11.3 Å². The van der Waals surface area contributed by atoms with E-state index < -0.39 is 38.3 Å². The van der Waals surface area contributed by atoms with Crippen molar-refractivity contribution in [2.24, 2.45) is 7.05 Å². The van der Waals surface area contributed by atoms with E-state index in [1.165, 1.54) is 17.3 Å². The number of hydrogen-bond donors (Lipinski definition) is 3. The number of thioether (sulfide) groups is 1. The number of sulfonamides is 1. The number of carbonyl (C=O) groups is 2. The third-order valence-electron chi connectivity index (χ3n) is 4.04. The van der Waals surface area contributed by atoms with Crippen LogP contribution in [-0.4, -0.2) is 41.2 Å². The van der Waals surface area contributed by atoms with Crippen molar-refractivity contribution in [3.05, 3.63) is 47.6 Å². The van der Waals surface area contributed by atoms with Crippen LogP contribution in [0.2, 0.25) is 0 Å². The Morgan fingerprint density at radius 2 is 2.13 bits per heavy atom. The summed E-state index contributed by atoms with van der Waals surface area (Å²) in [5.41, 5.74) is 0.532. The van der Waals surface area contributed by atoms with Gasteiger partial charge in [-0.05, 0) is 36.2 Å². The van der Waals surface area contributed by atoms with Crippen LogP contribution in [0, 0.1) is 5.82 Å². The van der Waals surface area contributed by atoms with Crippen LogP contribution < -0.4 is 14.6 Å². The molecule has 14 heteroatoms. The van der Waals surface area contributed by atoms with Gasteiger partial charge < -0.3 is 10.4 Å². The van der Waals surface area contributed by atoms with Gasteiger partial charge in [-0.2, -0.15) is 0 Å². The van der Waals surface area contributed by atoms with Gasteiger partial charge in [0.05, 0.1) is 23.1 Å². The number of halogens is 1. The molecule has 0 bridgehead atoms. The van der Waals surface area contributed by atoms with E-state index in [9.17, 15) is 22.4 Å². The van der Waals surface area contributed by atoms with Crippen molar-refractivity contribution in [2.45, 2.75) is 16.6 Å². The fourth-order valence-electron chi connectivity index (χ4n) is 2.65. The van der Waals surface area contributed by atoms with Crippen LogP contribution in [-0.2, 0) is 28.4 Å². The number of nitrogens with one attached hydrogen (secondary N) is 2. The number of aryl methyl sites for hydroxylation is 1. The van der Waals surface area contributed by atoms with Gasteiger partial charge in [0.15, 0.2) is 12.2 Å². The Morgan fingerprint density at radius 1 is 1.39 bits per heavy atom. The lowest BCUT2D eigenvalue weighted by Crippen LogP contribution is -2.30. The Balaban J connectivity index is 1.75. The van der Waals surface area contributed by atoms with Gasteiger partial charge in [-0.1, -0.05) is 0 Å². The molecule has 0 aliphatic carbocycles. The van der Waals surface area contributed by atoms with Crippen LogP contribution in [0.15, 0.2) is 46.2 Å². The number of nitrogens with zero attached hydrogens (tertiary/aromatic N) is 3. The number of imidazole rings is 1. The molecule has 1 aromatic carbocycles. The summed E-state index contributed by atoms with van der Waals surface area (Å²) in [7, 11) is -2.43. The highest BCUT2D eigenvalue weighted by Crippen LogP contribution is 2.26. The predicted molar refractivity (Wildman–Crippen MR) is 112 cm³/mol. The molecule has 0 unspecified atom stereocenters. The second-order valence-electron chi connectivity index (χ2n) is 6.15. The van der Waals surface area contributed by atoms with E-state index in [0.717, 1.165) is 34.7 Å². The van der Waals surface area contributed by atoms with Gasteiger partial charge in [-0.3, -0.25) is 9.52 Å². The van der Waals surface area contributed by atoms with Crippen molar-refractivity contribution in [2.75, 3.05) is 16.3 Å². The SMILES string of the molecule is CSc1n(CC(=O)Nc2ccc(S(=O)(=O)Nc3scnc3C(=O)O)cc2F)cc[n+]1C. The Bertz CT molecular complexity index is 1250. The summed E-state index contributed by atoms with van der Waals surface area (Å²) < 4.78 is 45.1. The topological polar surface area (TPSA) is 134 Å². The first-order valence-electron chi connectivity index (χ1n) is 8.50. The summed E-state index contributed by atoms with van der Waals surface area (Å²) in [6, 6.07) is 2.96. The van der Waals surface area contributed by atoms with Crippen LogP contribution in [0.25, 0.3) is 0 Å². The van der Waals surface area contributed by atoms with Crippen LogP contribution in [0.5, 0.6) is 0 Å². The molecule has 164 valence electrons. The summed E-state index contributed by atoms with van der Waals surface area (Å²) in [5, 5.41) is 12.1. The van der Waals surface area contributed by atoms with Gasteiger partial charge in [0.25, 0.3) is 15.9 Å². The van der Waals surface area contributed by atoms with Gasteiger partial charge in [-0.25, -0.2) is 31.7 Å². The highest BCUT2D eigenvalue weighted by Gasteiger charge is 2.23. The van der Waals surface area contributed by atoms with Crippen molar-refractivity contribution < 1.29 is 32.1 Å². The van der Waals surface area contributed by atoms with E-state index >= 15 is 0 Å². The summed E-state index contributed by atoms with van der Waals surface area (Å²) in [5.74, 6) is -2.85. The number of aromatic carboxylic acids is 1. The standard InChI is InChI=1S/C17H16FN5O5S3/c1-22-5-6-23(17(22)29-2)8-13(24)20-12-4-3-10(7-11(12)18)31(27,28)21-15-14(16(25)26)19-9-30-15/h3-7,9,21H,8H2,1-2H3,(H-,20,24,25,26)/p+1. The summed E-state index contributed by atoms with van der Waals surface area (Å²) in [6.45, 7) is -0.0542. The number of carbonyl (C=O) groups excluding carboxylic acids is 1. The van der Waals surface area contributed by atoms with Gasteiger partial charge in [0.1, 0.15) is 23.2 Å². The minimum absolute atomic E-state index is 0.0542. The summed E-state index contributed by atoms with van der Waals surface area (Å²) >= 11 is 2.23. The molecule has 2 aromatic heterocycles. The normalized spacial score (nSPS) is 11.3. The molecule has 31 heavy (non-hydrogen) atoms. The van der Waals surface area contributed by atoms with E-state index in [1.54, 1.807) is 17.0 Å². The van der Waals surface area contributed by atoms with Crippen molar-refractivity contribution in [1.29, 1.82) is 0 Å². The fraction of sp³-hybridized carbons (Fsp3) is 0.176. The maximum absolute atomic E-state index is 14.5. The molecule has 0 saturated heterocycles. The molecule has 0 fully saturated rings. The number of carboxylic acids is 1. The Kier molecular flexibility index (Phi) is 6.62. The molecular formula is C17H17FN5O5S3+. The Labute approximate surface area is 184 Å². The first-order chi connectivity index (χ1) is 14.6. The van der Waals surface area contributed by atoms with E-state index in [1.807, 2.05) is 17.9 Å². The Morgan fingerprint density at radius 3 is 2.77 bits per heavy atom. The average Bonchev–Trinajstić information content (AvgIpc) is 3.29. The van der Waals surface area contributed by atoms with Crippen molar-refractivity contribution in [3.63, 3.8) is 0 Å². The quantitative estimate of drug-likeness (QED) is 0.326. The zero-order valence-electron chi connectivity index (χ0n) is 16.2. The van der Waals surface area contributed by atoms with E-state index in [4.69, 9.17) is 5.11 Å². The molecule has 3 aromatic rings. The number of thiazole rings is 1. The highest BCUT2D eigenvalue weighted by atomic mass is 32.2. The van der Waals surface area contributed by atoms with Crippen molar-refractivity contribution in [1.82, 2.24) is 9.55 Å². The van der Waals surface area contributed by atoms with E-state index in [2.05, 4.69) is 15.0 Å². The first-order valence-corrected chi connectivity index (χ1v) is 12.1. The maximum Gasteiger partial charge on any atom is 0.357 e. The number of aromatic nitrogens is 3. The number of anilines is 2. The second-order valence-corrected chi connectivity index (χ2v) is 9.46. The smallest absolute Gasteiger partial charge is 0.357 e. The van der Waals surface area contributed by atoms with Crippen molar-refractivity contribution >= 4 is 55.7 Å². The number of hydrogen-bond acceptors (Lipinski definition) is 7. The third-order valence-corrected chi connectivity index (χ3v) is 7.14. The zero-order chi connectivity index (χ0) is 22.8. The molecule has 0 saturated carbocycles. The monoisotopic (exact) mass is 486 g/mol.